The number of Topliss-reactive ketones (excluding diaryl/α,β-unsaturated/α-hetero) is 1. The number of hydrogen-bond donors (Lipinski definition) is 0. The van der Waals surface area contributed by atoms with Crippen molar-refractivity contribution in [3.63, 3.8) is 0 Å². The van der Waals surface area contributed by atoms with Gasteiger partial charge in [-0.15, -0.1) is 0 Å². The molecule has 0 spiro atoms. The normalized spacial score (nSPS) is 23.0. The van der Waals surface area contributed by atoms with Crippen molar-refractivity contribution in [3.8, 4) is 5.75 Å². The molecule has 1 aromatic heterocycles. The predicted octanol–water partition coefficient (Wildman–Crippen LogP) is 2.09. The first-order chi connectivity index (χ1) is 8.27. The van der Waals surface area contributed by atoms with Crippen molar-refractivity contribution >= 4 is 5.78 Å². The van der Waals surface area contributed by atoms with E-state index in [1.165, 1.54) is 0 Å². The highest BCUT2D eigenvalue weighted by Gasteiger charge is 2.35. The van der Waals surface area contributed by atoms with Gasteiger partial charge in [0.05, 0.1) is 11.9 Å². The molecule has 0 saturated heterocycles. The van der Waals surface area contributed by atoms with Crippen molar-refractivity contribution in [2.24, 2.45) is 0 Å². The van der Waals surface area contributed by atoms with Crippen LogP contribution in [0, 0.1) is 0 Å². The number of ether oxygens (including phenoxy) is 1. The molecule has 2 atom stereocenters. The van der Waals surface area contributed by atoms with Gasteiger partial charge in [-0.2, -0.15) is 0 Å². The third-order valence-electron chi connectivity index (χ3n) is 3.02. The second-order valence-corrected chi connectivity index (χ2v) is 4.14. The minimum atomic E-state index is -0.326. The van der Waals surface area contributed by atoms with Gasteiger partial charge in [-0.25, -0.2) is 4.98 Å². The van der Waals surface area contributed by atoms with Gasteiger partial charge in [0.15, 0.2) is 5.78 Å². The number of ketones is 1. The van der Waals surface area contributed by atoms with Crippen molar-refractivity contribution in [1.29, 1.82) is 0 Å². The first kappa shape index (κ1) is 10.1. The maximum Gasteiger partial charge on any atom is 0.193 e. The molecule has 0 saturated carbocycles. The lowest BCUT2D eigenvalue weighted by Gasteiger charge is -2.30. The summed E-state index contributed by atoms with van der Waals surface area (Å²) in [6, 6.07) is 7.02. The van der Waals surface area contributed by atoms with Gasteiger partial charge in [0.2, 0.25) is 0 Å². The van der Waals surface area contributed by atoms with Gasteiger partial charge in [-0.3, -0.25) is 4.79 Å². The van der Waals surface area contributed by atoms with Gasteiger partial charge in [0.25, 0.3) is 0 Å². The lowest BCUT2D eigenvalue weighted by molar-refractivity contribution is 0.0718. The number of rotatable bonds is 1. The minimum absolute atomic E-state index is 0.0809. The lowest BCUT2D eigenvalue weighted by atomic mass is 9.96. The van der Waals surface area contributed by atoms with E-state index in [9.17, 15) is 4.79 Å². The van der Waals surface area contributed by atoms with Crippen molar-refractivity contribution < 1.29 is 9.53 Å². The third-order valence-corrected chi connectivity index (χ3v) is 3.02. The second kappa shape index (κ2) is 3.73. The van der Waals surface area contributed by atoms with Crippen LogP contribution in [-0.2, 0) is 0 Å². The van der Waals surface area contributed by atoms with Crippen LogP contribution in [0.5, 0.6) is 5.75 Å². The molecule has 17 heavy (non-hydrogen) atoms. The molecule has 0 amide bonds. The van der Waals surface area contributed by atoms with Crippen molar-refractivity contribution in [1.82, 2.24) is 9.55 Å². The van der Waals surface area contributed by atoms with Crippen LogP contribution in [0.25, 0.3) is 0 Å². The fourth-order valence-corrected chi connectivity index (χ4v) is 2.22. The van der Waals surface area contributed by atoms with Gasteiger partial charge in [-0.05, 0) is 19.1 Å². The quantitative estimate of drug-likeness (QED) is 0.750. The van der Waals surface area contributed by atoms with Crippen molar-refractivity contribution in [2.45, 2.75) is 19.1 Å². The standard InChI is InChI=1S/C13H12N2O2/c1-9-12(15-7-6-14-8-15)13(16)10-4-2-3-5-11(10)17-9/h2-9,12H,1H3/t9-,12-/m0/s1. The zero-order chi connectivity index (χ0) is 11.8. The molecule has 0 unspecified atom stereocenters. The first-order valence-corrected chi connectivity index (χ1v) is 5.54. The molecule has 86 valence electrons. The van der Waals surface area contributed by atoms with E-state index in [1.807, 2.05) is 25.1 Å². The Morgan fingerprint density at radius 2 is 2.18 bits per heavy atom. The summed E-state index contributed by atoms with van der Waals surface area (Å²) in [7, 11) is 0. The van der Waals surface area contributed by atoms with E-state index >= 15 is 0 Å². The Hall–Kier alpha value is -2.10. The van der Waals surface area contributed by atoms with Crippen LogP contribution in [0.3, 0.4) is 0 Å². The molecular weight excluding hydrogens is 216 g/mol. The van der Waals surface area contributed by atoms with Crippen LogP contribution in [0.2, 0.25) is 0 Å². The molecule has 0 fully saturated rings. The maximum atomic E-state index is 12.4. The fraction of sp³-hybridized carbons (Fsp3) is 0.231. The highest BCUT2D eigenvalue weighted by molar-refractivity contribution is 6.02. The largest absolute Gasteiger partial charge is 0.487 e. The minimum Gasteiger partial charge on any atom is -0.487 e. The number of imidazole rings is 1. The number of fused-ring (bicyclic) bond motifs is 1. The summed E-state index contributed by atoms with van der Waals surface area (Å²) < 4.78 is 7.56. The number of carbonyl (C=O) groups excluding carboxylic acids is 1. The van der Waals surface area contributed by atoms with Crippen LogP contribution >= 0.6 is 0 Å². The maximum absolute atomic E-state index is 12.4. The Morgan fingerprint density at radius 3 is 2.94 bits per heavy atom. The number of nitrogens with zero attached hydrogens (tertiary/aromatic N) is 2. The third kappa shape index (κ3) is 1.53. The van der Waals surface area contributed by atoms with E-state index < -0.39 is 0 Å². The second-order valence-electron chi connectivity index (χ2n) is 4.14. The SMILES string of the molecule is C[C@@H]1Oc2ccccc2C(=O)[C@H]1n1ccnc1. The lowest BCUT2D eigenvalue weighted by Crippen LogP contribution is -2.37. The molecule has 1 aliphatic heterocycles. The van der Waals surface area contributed by atoms with Gasteiger partial charge >= 0.3 is 0 Å². The molecular formula is C13H12N2O2. The average molecular weight is 228 g/mol. The van der Waals surface area contributed by atoms with E-state index in [4.69, 9.17) is 4.74 Å². The molecule has 0 N–H and O–H groups in total. The first-order valence-electron chi connectivity index (χ1n) is 5.54. The molecule has 4 nitrogen and oxygen atoms in total. The molecule has 0 radical (unpaired) electrons. The van der Waals surface area contributed by atoms with Crippen LogP contribution in [0.15, 0.2) is 43.0 Å². The number of benzene rings is 1. The Morgan fingerprint density at radius 1 is 1.35 bits per heavy atom. The van der Waals surface area contributed by atoms with E-state index in [0.717, 1.165) is 0 Å². The van der Waals surface area contributed by atoms with E-state index in [2.05, 4.69) is 4.98 Å². The Bertz CT molecular complexity index is 548. The van der Waals surface area contributed by atoms with Crippen LogP contribution < -0.4 is 4.74 Å². The smallest absolute Gasteiger partial charge is 0.193 e. The van der Waals surface area contributed by atoms with Gasteiger partial charge in [-0.1, -0.05) is 12.1 Å². The molecule has 3 rings (SSSR count). The monoisotopic (exact) mass is 228 g/mol. The highest BCUT2D eigenvalue weighted by atomic mass is 16.5. The van der Waals surface area contributed by atoms with Crippen molar-refractivity contribution in [2.75, 3.05) is 0 Å². The van der Waals surface area contributed by atoms with Crippen molar-refractivity contribution in [3.05, 3.63) is 48.5 Å². The Kier molecular flexibility index (Phi) is 2.21. The van der Waals surface area contributed by atoms with E-state index in [0.29, 0.717) is 11.3 Å². The molecule has 1 aliphatic rings. The summed E-state index contributed by atoms with van der Waals surface area (Å²) in [5.41, 5.74) is 0.643. The summed E-state index contributed by atoms with van der Waals surface area (Å²) in [6.07, 6.45) is 4.92. The van der Waals surface area contributed by atoms with Gasteiger partial charge in [0, 0.05) is 12.4 Å². The van der Waals surface area contributed by atoms with Crippen LogP contribution in [0.4, 0.5) is 0 Å². The van der Waals surface area contributed by atoms with Crippen LogP contribution in [0.1, 0.15) is 23.3 Å². The molecule has 4 heteroatoms. The summed E-state index contributed by atoms with van der Waals surface area (Å²) in [4.78, 5) is 16.4. The summed E-state index contributed by atoms with van der Waals surface area (Å²) >= 11 is 0. The van der Waals surface area contributed by atoms with E-state index in [-0.39, 0.29) is 17.9 Å². The average Bonchev–Trinajstić information content (AvgIpc) is 2.83. The molecule has 2 aromatic rings. The number of aromatic nitrogens is 2. The summed E-state index contributed by atoms with van der Waals surface area (Å²) in [5, 5.41) is 0. The topological polar surface area (TPSA) is 44.1 Å². The van der Waals surface area contributed by atoms with Gasteiger partial charge in [0.1, 0.15) is 17.9 Å². The number of carbonyl (C=O) groups is 1. The summed E-state index contributed by atoms with van der Waals surface area (Å²) in [6.45, 7) is 1.90. The predicted molar refractivity (Wildman–Crippen MR) is 62.1 cm³/mol. The molecule has 0 aliphatic carbocycles. The highest BCUT2D eigenvalue weighted by Crippen LogP contribution is 2.32. The van der Waals surface area contributed by atoms with Gasteiger partial charge < -0.3 is 9.30 Å². The summed E-state index contributed by atoms with van der Waals surface area (Å²) in [5.74, 6) is 0.749. The molecule has 1 aromatic carbocycles. The Labute approximate surface area is 98.9 Å². The molecule has 2 heterocycles. The zero-order valence-electron chi connectivity index (χ0n) is 9.41. The molecule has 0 bridgehead atoms. The number of hydrogen-bond acceptors (Lipinski definition) is 3. The number of para-hydroxylation sites is 1. The van der Waals surface area contributed by atoms with E-state index in [1.54, 1.807) is 29.4 Å². The Balaban J connectivity index is 2.07. The zero-order valence-corrected chi connectivity index (χ0v) is 9.41. The van der Waals surface area contributed by atoms with Crippen LogP contribution in [-0.4, -0.2) is 21.4 Å². The fourth-order valence-electron chi connectivity index (χ4n) is 2.22.